The van der Waals surface area contributed by atoms with Gasteiger partial charge in [0.1, 0.15) is 0 Å². The van der Waals surface area contributed by atoms with E-state index in [0.717, 1.165) is 11.8 Å². The van der Waals surface area contributed by atoms with Gasteiger partial charge >= 0.3 is 0 Å². The van der Waals surface area contributed by atoms with E-state index in [-0.39, 0.29) is 0 Å². The van der Waals surface area contributed by atoms with Gasteiger partial charge in [-0.2, -0.15) is 0 Å². The van der Waals surface area contributed by atoms with Crippen molar-refractivity contribution in [1.82, 2.24) is 0 Å². The fraction of sp³-hybridized carbons (Fsp3) is 0.778. The molecule has 0 nitrogen and oxygen atoms in total. The third-order valence-corrected chi connectivity index (χ3v) is 4.68. The van der Waals surface area contributed by atoms with Crippen molar-refractivity contribution in [3.05, 3.63) is 23.3 Å². The van der Waals surface area contributed by atoms with Crippen molar-refractivity contribution in [2.45, 2.75) is 79.1 Å². The zero-order valence-corrected chi connectivity index (χ0v) is 13.0. The van der Waals surface area contributed by atoms with E-state index in [1.54, 1.807) is 11.1 Å². The van der Waals surface area contributed by atoms with Crippen LogP contribution in [0.25, 0.3) is 0 Å². The molecule has 0 aliphatic heterocycles. The van der Waals surface area contributed by atoms with Crippen LogP contribution < -0.4 is 0 Å². The highest BCUT2D eigenvalue weighted by Crippen LogP contribution is 2.45. The average molecular weight is 248 g/mol. The molecule has 0 heterocycles. The molecule has 0 N–H and O–H groups in total. The summed E-state index contributed by atoms with van der Waals surface area (Å²) >= 11 is 0. The zero-order chi connectivity index (χ0) is 13.4. The molecule has 2 atom stereocenters. The van der Waals surface area contributed by atoms with Crippen molar-refractivity contribution in [1.29, 1.82) is 0 Å². The Kier molecular flexibility index (Phi) is 7.39. The largest absolute Gasteiger partial charge is 0.0882 e. The molecule has 2 unspecified atom stereocenters. The Morgan fingerprint density at radius 2 is 2.00 bits per heavy atom. The summed E-state index contributed by atoms with van der Waals surface area (Å²) in [6.45, 7) is 9.10. The van der Waals surface area contributed by atoms with Crippen molar-refractivity contribution in [2.75, 3.05) is 0 Å². The summed E-state index contributed by atoms with van der Waals surface area (Å²) in [5.74, 6) is 1.92. The number of rotatable bonds is 8. The quantitative estimate of drug-likeness (QED) is 0.350. The summed E-state index contributed by atoms with van der Waals surface area (Å²) in [4.78, 5) is 0. The monoisotopic (exact) mass is 248 g/mol. The lowest BCUT2D eigenvalue weighted by atomic mass is 9.65. The maximum atomic E-state index is 2.54. The highest BCUT2D eigenvalue weighted by molar-refractivity contribution is 5.21. The molecule has 1 fully saturated rings. The first-order valence-corrected chi connectivity index (χ1v) is 8.09. The van der Waals surface area contributed by atoms with Gasteiger partial charge in [-0.05, 0) is 44.4 Å². The number of allylic oxidation sites excluding steroid dienone is 4. The normalized spacial score (nSPS) is 26.4. The van der Waals surface area contributed by atoms with Crippen molar-refractivity contribution in [3.8, 4) is 0 Å². The van der Waals surface area contributed by atoms with E-state index in [9.17, 15) is 0 Å². The Balaban J connectivity index is 2.46. The van der Waals surface area contributed by atoms with Crippen LogP contribution in [0.15, 0.2) is 23.3 Å². The van der Waals surface area contributed by atoms with E-state index in [1.807, 2.05) is 0 Å². The highest BCUT2D eigenvalue weighted by atomic mass is 14.4. The Hall–Kier alpha value is -0.520. The molecule has 104 valence electrons. The lowest BCUT2D eigenvalue weighted by molar-refractivity contribution is 0.244. The predicted molar refractivity (Wildman–Crippen MR) is 82.8 cm³/mol. The van der Waals surface area contributed by atoms with Crippen molar-refractivity contribution < 1.29 is 0 Å². The van der Waals surface area contributed by atoms with Gasteiger partial charge in [0.2, 0.25) is 0 Å². The summed E-state index contributed by atoms with van der Waals surface area (Å²) in [7, 11) is 0. The van der Waals surface area contributed by atoms with E-state index >= 15 is 0 Å². The zero-order valence-electron chi connectivity index (χ0n) is 13.0. The van der Waals surface area contributed by atoms with Crippen molar-refractivity contribution in [2.24, 2.45) is 11.8 Å². The van der Waals surface area contributed by atoms with E-state index in [4.69, 9.17) is 0 Å². The fourth-order valence-corrected chi connectivity index (χ4v) is 3.17. The smallest absolute Gasteiger partial charge is 0.0136 e. The highest BCUT2D eigenvalue weighted by Gasteiger charge is 2.33. The van der Waals surface area contributed by atoms with Gasteiger partial charge in [0.15, 0.2) is 0 Å². The van der Waals surface area contributed by atoms with Crippen molar-refractivity contribution >= 4 is 0 Å². The molecule has 0 aromatic heterocycles. The standard InChI is InChI=1S/C18H32/c1-5-9-10-11-18-16(8-4)14-17(18)13-12-15(6-2)7-3/h6,13,16,18H,5,7-12,14H2,1-4H3. The topological polar surface area (TPSA) is 0 Å². The van der Waals surface area contributed by atoms with E-state index < -0.39 is 0 Å². The molecule has 18 heavy (non-hydrogen) atoms. The maximum Gasteiger partial charge on any atom is -0.0136 e. The molecule has 0 bridgehead atoms. The molecule has 0 amide bonds. The molecular weight excluding hydrogens is 216 g/mol. The molecular formula is C18H32. The number of unbranched alkanes of at least 4 members (excludes halogenated alkanes) is 2. The molecule has 1 rings (SSSR count). The van der Waals surface area contributed by atoms with Gasteiger partial charge in [-0.25, -0.2) is 0 Å². The van der Waals surface area contributed by atoms with E-state index in [0.29, 0.717) is 0 Å². The molecule has 0 saturated heterocycles. The number of hydrogen-bond acceptors (Lipinski definition) is 0. The second kappa shape index (κ2) is 8.56. The number of hydrogen-bond donors (Lipinski definition) is 0. The van der Waals surface area contributed by atoms with Gasteiger partial charge in [-0.1, -0.05) is 69.8 Å². The molecule has 1 aliphatic carbocycles. The van der Waals surface area contributed by atoms with Crippen LogP contribution in [0.2, 0.25) is 0 Å². The molecule has 0 heteroatoms. The minimum absolute atomic E-state index is 0.927. The van der Waals surface area contributed by atoms with E-state index in [1.165, 1.54) is 51.4 Å². The molecule has 0 aromatic rings. The van der Waals surface area contributed by atoms with Gasteiger partial charge in [0.05, 0.1) is 0 Å². The van der Waals surface area contributed by atoms with Gasteiger partial charge in [0, 0.05) is 0 Å². The third kappa shape index (κ3) is 4.30. The summed E-state index contributed by atoms with van der Waals surface area (Å²) < 4.78 is 0. The second-order valence-electron chi connectivity index (χ2n) is 5.76. The molecule has 1 aliphatic rings. The first-order valence-electron chi connectivity index (χ1n) is 8.09. The van der Waals surface area contributed by atoms with Gasteiger partial charge in [-0.3, -0.25) is 0 Å². The third-order valence-electron chi connectivity index (χ3n) is 4.68. The molecule has 1 saturated carbocycles. The van der Waals surface area contributed by atoms with Crippen LogP contribution in [-0.4, -0.2) is 0 Å². The Labute approximate surface area is 115 Å². The van der Waals surface area contributed by atoms with Gasteiger partial charge in [0.25, 0.3) is 0 Å². The van der Waals surface area contributed by atoms with Crippen LogP contribution in [0, 0.1) is 11.8 Å². The summed E-state index contributed by atoms with van der Waals surface area (Å²) in [6, 6.07) is 0. The summed E-state index contributed by atoms with van der Waals surface area (Å²) in [6.07, 6.45) is 15.6. The van der Waals surface area contributed by atoms with Crippen LogP contribution in [0.4, 0.5) is 0 Å². The second-order valence-corrected chi connectivity index (χ2v) is 5.76. The lowest BCUT2D eigenvalue weighted by Gasteiger charge is -2.40. The molecule has 0 radical (unpaired) electrons. The Bertz CT molecular complexity index is 282. The Morgan fingerprint density at radius 3 is 2.56 bits per heavy atom. The first-order chi connectivity index (χ1) is 8.76. The van der Waals surface area contributed by atoms with Crippen LogP contribution in [0.3, 0.4) is 0 Å². The van der Waals surface area contributed by atoms with E-state index in [2.05, 4.69) is 39.8 Å². The summed E-state index contributed by atoms with van der Waals surface area (Å²) in [5.41, 5.74) is 3.36. The van der Waals surface area contributed by atoms with Gasteiger partial charge in [-0.15, -0.1) is 0 Å². The van der Waals surface area contributed by atoms with Gasteiger partial charge < -0.3 is 0 Å². The average Bonchev–Trinajstić information content (AvgIpc) is 2.38. The minimum Gasteiger partial charge on any atom is -0.0882 e. The fourth-order valence-electron chi connectivity index (χ4n) is 3.17. The SMILES string of the molecule is CC=C(CC)CC=C1CC(CC)C1CCCCC. The van der Waals surface area contributed by atoms with Crippen LogP contribution in [0.5, 0.6) is 0 Å². The molecule has 0 aromatic carbocycles. The summed E-state index contributed by atoms with van der Waals surface area (Å²) in [5, 5.41) is 0. The maximum absolute atomic E-state index is 2.54. The lowest BCUT2D eigenvalue weighted by Crippen LogP contribution is -2.28. The molecule has 0 spiro atoms. The van der Waals surface area contributed by atoms with Crippen LogP contribution in [-0.2, 0) is 0 Å². The van der Waals surface area contributed by atoms with Crippen LogP contribution in [0.1, 0.15) is 79.1 Å². The van der Waals surface area contributed by atoms with Crippen molar-refractivity contribution in [3.63, 3.8) is 0 Å². The minimum atomic E-state index is 0.927. The first kappa shape index (κ1) is 15.5. The van der Waals surface area contributed by atoms with Crippen LogP contribution >= 0.6 is 0 Å². The predicted octanol–water partition coefficient (Wildman–Crippen LogP) is 6.29. The Morgan fingerprint density at radius 1 is 1.22 bits per heavy atom.